The molecule has 0 bridgehead atoms. The van der Waals surface area contributed by atoms with Crippen molar-refractivity contribution in [2.45, 2.75) is 78.1 Å². The van der Waals surface area contributed by atoms with Gasteiger partial charge in [-0.25, -0.2) is 0 Å². The summed E-state index contributed by atoms with van der Waals surface area (Å²) in [6, 6.07) is 28.1. The number of aromatic hydroxyl groups is 1. The van der Waals surface area contributed by atoms with Gasteiger partial charge in [0.05, 0.1) is 25.7 Å². The molecule has 0 aliphatic rings. The molecule has 248 valence electrons. The summed E-state index contributed by atoms with van der Waals surface area (Å²) in [5.74, 6) is 0.722. The van der Waals surface area contributed by atoms with Crippen LogP contribution in [0.2, 0.25) is 0 Å². The third-order valence-corrected chi connectivity index (χ3v) is 7.82. The van der Waals surface area contributed by atoms with Gasteiger partial charge in [0, 0.05) is 22.8 Å². The molecule has 0 radical (unpaired) electrons. The molecule has 1 N–H and O–H groups in total. The van der Waals surface area contributed by atoms with E-state index in [0.29, 0.717) is 40.4 Å². The number of benzene rings is 4. The Morgan fingerprint density at radius 2 is 1.21 bits per heavy atom. The standard InChI is InChI=1S/C21H26O3.C20H22O3/c1-2-3-4-5-6-10-15-24-18-13-14-19(20(22)16-18)21(23)17-11-8-7-9-12-17;1-20(2,3)16-9-5-14(6-10-16)18(21)13-19(22)15-7-11-17(23-4)12-8-15/h7-9,11-14,16,22H,2-6,10,15H2,1H3;5-12H,13H2,1-4H3. The fourth-order valence-electron chi connectivity index (χ4n) is 4.89. The first-order valence-corrected chi connectivity index (χ1v) is 16.4. The summed E-state index contributed by atoms with van der Waals surface area (Å²) in [4.78, 5) is 36.8. The average Bonchev–Trinajstić information content (AvgIpc) is 3.08. The minimum Gasteiger partial charge on any atom is -0.507 e. The third-order valence-electron chi connectivity index (χ3n) is 7.82. The van der Waals surface area contributed by atoms with E-state index in [9.17, 15) is 19.5 Å². The van der Waals surface area contributed by atoms with Crippen LogP contribution in [0.5, 0.6) is 17.2 Å². The number of ether oxygens (including phenoxy) is 2. The van der Waals surface area contributed by atoms with Gasteiger partial charge in [0.25, 0.3) is 0 Å². The molecule has 0 aliphatic carbocycles. The molecular formula is C41H48O6. The quantitative estimate of drug-likeness (QED) is 0.0794. The summed E-state index contributed by atoms with van der Waals surface area (Å²) in [5, 5.41) is 10.1. The molecule has 0 aromatic heterocycles. The Morgan fingerprint density at radius 1 is 0.660 bits per heavy atom. The van der Waals surface area contributed by atoms with Gasteiger partial charge in [0.2, 0.25) is 0 Å². The molecule has 0 saturated heterocycles. The number of phenols is 1. The molecule has 4 rings (SSSR count). The second-order valence-corrected chi connectivity index (χ2v) is 12.6. The zero-order valence-corrected chi connectivity index (χ0v) is 28.4. The average molecular weight is 637 g/mol. The molecule has 6 heteroatoms. The molecule has 47 heavy (non-hydrogen) atoms. The second-order valence-electron chi connectivity index (χ2n) is 12.6. The molecule has 0 aliphatic heterocycles. The van der Waals surface area contributed by atoms with E-state index < -0.39 is 0 Å². The van der Waals surface area contributed by atoms with Gasteiger partial charge < -0.3 is 14.6 Å². The lowest BCUT2D eigenvalue weighted by Gasteiger charge is -2.18. The molecule has 0 spiro atoms. The van der Waals surface area contributed by atoms with Gasteiger partial charge in [0.1, 0.15) is 17.2 Å². The largest absolute Gasteiger partial charge is 0.507 e. The van der Waals surface area contributed by atoms with Crippen LogP contribution in [0, 0.1) is 0 Å². The highest BCUT2D eigenvalue weighted by atomic mass is 16.5. The number of Topliss-reactive ketones (excluding diaryl/α,β-unsaturated/α-hetero) is 2. The number of carbonyl (C=O) groups excluding carboxylic acids is 3. The number of hydrogen-bond acceptors (Lipinski definition) is 6. The number of carbonyl (C=O) groups is 3. The van der Waals surface area contributed by atoms with Crippen molar-refractivity contribution in [3.63, 3.8) is 0 Å². The van der Waals surface area contributed by atoms with E-state index in [0.717, 1.165) is 18.4 Å². The fourth-order valence-corrected chi connectivity index (χ4v) is 4.89. The van der Waals surface area contributed by atoms with Gasteiger partial charge in [-0.1, -0.05) is 114 Å². The zero-order chi connectivity index (χ0) is 34.2. The van der Waals surface area contributed by atoms with Gasteiger partial charge >= 0.3 is 0 Å². The first-order chi connectivity index (χ1) is 22.5. The smallest absolute Gasteiger partial charge is 0.196 e. The zero-order valence-electron chi connectivity index (χ0n) is 28.4. The van der Waals surface area contributed by atoms with Crippen LogP contribution in [0.15, 0.2) is 97.1 Å². The maximum Gasteiger partial charge on any atom is 0.196 e. The van der Waals surface area contributed by atoms with Crippen LogP contribution in [0.1, 0.15) is 115 Å². The Balaban J connectivity index is 0.000000256. The van der Waals surface area contributed by atoms with Crippen molar-refractivity contribution in [1.82, 2.24) is 0 Å². The van der Waals surface area contributed by atoms with E-state index in [1.54, 1.807) is 67.8 Å². The van der Waals surface area contributed by atoms with Crippen LogP contribution < -0.4 is 9.47 Å². The van der Waals surface area contributed by atoms with E-state index in [2.05, 4.69) is 27.7 Å². The highest BCUT2D eigenvalue weighted by Gasteiger charge is 2.17. The van der Waals surface area contributed by atoms with Crippen LogP contribution in [-0.2, 0) is 5.41 Å². The molecule has 0 saturated carbocycles. The van der Waals surface area contributed by atoms with E-state index in [1.807, 2.05) is 30.3 Å². The van der Waals surface area contributed by atoms with Crippen molar-refractivity contribution in [2.75, 3.05) is 13.7 Å². The van der Waals surface area contributed by atoms with Gasteiger partial charge in [-0.2, -0.15) is 0 Å². The van der Waals surface area contributed by atoms with Crippen molar-refractivity contribution in [2.24, 2.45) is 0 Å². The van der Waals surface area contributed by atoms with Crippen molar-refractivity contribution in [3.8, 4) is 17.2 Å². The minimum absolute atomic E-state index is 0.0377. The van der Waals surface area contributed by atoms with Crippen molar-refractivity contribution < 1.29 is 29.0 Å². The normalized spacial score (nSPS) is 10.8. The van der Waals surface area contributed by atoms with Gasteiger partial charge in [0.15, 0.2) is 17.3 Å². The monoisotopic (exact) mass is 636 g/mol. The third kappa shape index (κ3) is 11.9. The lowest BCUT2D eigenvalue weighted by molar-refractivity contribution is 0.0893. The lowest BCUT2D eigenvalue weighted by atomic mass is 9.86. The fraction of sp³-hybridized carbons (Fsp3) is 0.341. The van der Waals surface area contributed by atoms with E-state index in [1.165, 1.54) is 31.7 Å². The van der Waals surface area contributed by atoms with Crippen LogP contribution in [0.4, 0.5) is 0 Å². The summed E-state index contributed by atoms with van der Waals surface area (Å²) in [6.07, 6.45) is 7.13. The number of ketones is 3. The van der Waals surface area contributed by atoms with Gasteiger partial charge in [-0.15, -0.1) is 0 Å². The number of rotatable bonds is 15. The Hall–Kier alpha value is -4.71. The Kier molecular flexibility index (Phi) is 14.4. The number of methoxy groups -OCH3 is 1. The van der Waals surface area contributed by atoms with E-state index >= 15 is 0 Å². The molecule has 0 unspecified atom stereocenters. The van der Waals surface area contributed by atoms with E-state index in [4.69, 9.17) is 9.47 Å². The van der Waals surface area contributed by atoms with Gasteiger partial charge in [-0.05, 0) is 53.8 Å². The molecule has 4 aromatic rings. The van der Waals surface area contributed by atoms with E-state index in [-0.39, 0.29) is 34.9 Å². The Bertz CT molecular complexity index is 1570. The highest BCUT2D eigenvalue weighted by Crippen LogP contribution is 2.26. The first kappa shape index (κ1) is 36.8. The maximum absolute atomic E-state index is 12.4. The Labute approximate surface area is 279 Å². The summed E-state index contributed by atoms with van der Waals surface area (Å²) < 4.78 is 10.7. The van der Waals surface area contributed by atoms with Crippen molar-refractivity contribution >= 4 is 17.3 Å². The molecule has 0 fully saturated rings. The highest BCUT2D eigenvalue weighted by molar-refractivity contribution is 6.13. The SMILES string of the molecule is CCCCCCCCOc1ccc(C(=O)c2ccccc2)c(O)c1.COc1ccc(C(=O)CC(=O)c2ccc(C(C)(C)C)cc2)cc1. The second kappa shape index (κ2) is 18.4. The first-order valence-electron chi connectivity index (χ1n) is 16.4. The predicted molar refractivity (Wildman–Crippen MR) is 188 cm³/mol. The number of hydrogen-bond donors (Lipinski definition) is 1. The molecule has 6 nitrogen and oxygen atoms in total. The number of unbranched alkanes of at least 4 members (excludes halogenated alkanes) is 5. The summed E-state index contributed by atoms with van der Waals surface area (Å²) in [5.41, 5.74) is 3.16. The Morgan fingerprint density at radius 3 is 1.77 bits per heavy atom. The van der Waals surface area contributed by atoms with Crippen LogP contribution in [0.3, 0.4) is 0 Å². The van der Waals surface area contributed by atoms with Gasteiger partial charge in [-0.3, -0.25) is 14.4 Å². The van der Waals surface area contributed by atoms with Crippen LogP contribution in [-0.4, -0.2) is 36.2 Å². The summed E-state index contributed by atoms with van der Waals surface area (Å²) in [6.45, 7) is 9.21. The molecule has 0 heterocycles. The number of phenolic OH excluding ortho intramolecular Hbond substituents is 1. The lowest BCUT2D eigenvalue weighted by Crippen LogP contribution is -2.12. The minimum atomic E-state index is -0.185. The van der Waals surface area contributed by atoms with Crippen LogP contribution in [0.25, 0.3) is 0 Å². The van der Waals surface area contributed by atoms with Crippen molar-refractivity contribution in [3.05, 3.63) is 125 Å². The predicted octanol–water partition coefficient (Wildman–Crippen LogP) is 9.81. The molecule has 4 aromatic carbocycles. The van der Waals surface area contributed by atoms with Crippen molar-refractivity contribution in [1.29, 1.82) is 0 Å². The molecule has 0 atom stereocenters. The summed E-state index contributed by atoms with van der Waals surface area (Å²) >= 11 is 0. The maximum atomic E-state index is 12.4. The molecule has 0 amide bonds. The molecular weight excluding hydrogens is 588 g/mol. The summed E-state index contributed by atoms with van der Waals surface area (Å²) in [7, 11) is 1.57. The topological polar surface area (TPSA) is 89.9 Å². The van der Waals surface area contributed by atoms with Crippen LogP contribution >= 0.6 is 0 Å².